The highest BCUT2D eigenvalue weighted by atomic mass is 32.2. The Morgan fingerprint density at radius 3 is 2.69 bits per heavy atom. The van der Waals surface area contributed by atoms with Gasteiger partial charge in [0.15, 0.2) is 9.84 Å². The molecule has 0 saturated carbocycles. The molecule has 1 aliphatic rings. The number of sulfone groups is 1. The van der Waals surface area contributed by atoms with Crippen LogP contribution in [0.5, 0.6) is 0 Å². The van der Waals surface area contributed by atoms with Crippen LogP contribution in [0.1, 0.15) is 13.3 Å². The second kappa shape index (κ2) is 5.49. The van der Waals surface area contributed by atoms with Gasteiger partial charge >= 0.3 is 6.03 Å². The van der Waals surface area contributed by atoms with Gasteiger partial charge in [-0.3, -0.25) is 0 Å². The largest absolute Gasteiger partial charge is 0.336 e. The molecule has 7 heteroatoms. The van der Waals surface area contributed by atoms with Gasteiger partial charge in [-0.05, 0) is 13.3 Å². The molecule has 0 aromatic heterocycles. The van der Waals surface area contributed by atoms with Crippen LogP contribution in [-0.4, -0.2) is 56.5 Å². The molecule has 0 aliphatic carbocycles. The van der Waals surface area contributed by atoms with Crippen LogP contribution in [0.2, 0.25) is 0 Å². The smallest absolute Gasteiger partial charge is 0.317 e. The number of rotatable bonds is 6. The van der Waals surface area contributed by atoms with Crippen LogP contribution >= 0.6 is 0 Å². The fraction of sp³-hybridized carbons (Fsp3) is 0.889. The van der Waals surface area contributed by atoms with E-state index in [1.165, 1.54) is 4.90 Å². The van der Waals surface area contributed by atoms with Crippen molar-refractivity contribution in [3.05, 3.63) is 0 Å². The Bertz CT molecular complexity index is 340. The standard InChI is InChI=1S/C9H19N3O3S/c1-8(10)2-6-16(14,15)7-5-12-4-3-11-9(12)13/h8H,2-7,10H2,1H3,(H,11,13). The number of carbonyl (C=O) groups excluding carboxylic acids is 1. The summed E-state index contributed by atoms with van der Waals surface area (Å²) in [5.41, 5.74) is 5.50. The van der Waals surface area contributed by atoms with Gasteiger partial charge in [0, 0.05) is 25.7 Å². The molecule has 1 atom stereocenters. The maximum Gasteiger partial charge on any atom is 0.317 e. The normalized spacial score (nSPS) is 18.6. The predicted molar refractivity (Wildman–Crippen MR) is 61.9 cm³/mol. The van der Waals surface area contributed by atoms with E-state index in [1.54, 1.807) is 6.92 Å². The molecule has 16 heavy (non-hydrogen) atoms. The maximum atomic E-state index is 11.6. The molecule has 1 rings (SSSR count). The molecule has 3 N–H and O–H groups in total. The Hall–Kier alpha value is -0.820. The van der Waals surface area contributed by atoms with Gasteiger partial charge < -0.3 is 16.0 Å². The second-order valence-corrected chi connectivity index (χ2v) is 6.44. The summed E-state index contributed by atoms with van der Waals surface area (Å²) >= 11 is 0. The SMILES string of the molecule is CC(N)CCS(=O)(=O)CCN1CCNC1=O. The minimum absolute atomic E-state index is 0.0210. The first-order valence-electron chi connectivity index (χ1n) is 5.39. The van der Waals surface area contributed by atoms with Crippen LogP contribution in [0.4, 0.5) is 4.79 Å². The lowest BCUT2D eigenvalue weighted by Crippen LogP contribution is -2.33. The van der Waals surface area contributed by atoms with Crippen molar-refractivity contribution in [1.82, 2.24) is 10.2 Å². The molecule has 0 bridgehead atoms. The first kappa shape index (κ1) is 13.2. The van der Waals surface area contributed by atoms with E-state index < -0.39 is 9.84 Å². The van der Waals surface area contributed by atoms with E-state index in [0.29, 0.717) is 19.5 Å². The third-order valence-corrected chi connectivity index (χ3v) is 4.16. The molecule has 1 fully saturated rings. The average Bonchev–Trinajstić information content (AvgIpc) is 2.59. The van der Waals surface area contributed by atoms with E-state index in [9.17, 15) is 13.2 Å². The van der Waals surface area contributed by atoms with Gasteiger partial charge in [0.05, 0.1) is 11.5 Å². The molecule has 1 heterocycles. The number of urea groups is 1. The molecule has 1 saturated heterocycles. The highest BCUT2D eigenvalue weighted by Gasteiger charge is 2.21. The van der Waals surface area contributed by atoms with Crippen molar-refractivity contribution in [2.24, 2.45) is 5.73 Å². The van der Waals surface area contributed by atoms with Crippen LogP contribution in [0.15, 0.2) is 0 Å². The molecule has 6 nitrogen and oxygen atoms in total. The summed E-state index contributed by atoms with van der Waals surface area (Å²) in [4.78, 5) is 12.7. The molecule has 0 aromatic carbocycles. The Morgan fingerprint density at radius 1 is 1.50 bits per heavy atom. The summed E-state index contributed by atoms with van der Waals surface area (Å²) in [6, 6.07) is -0.285. The van der Waals surface area contributed by atoms with Gasteiger partial charge in [0.25, 0.3) is 0 Å². The quantitative estimate of drug-likeness (QED) is 0.642. The van der Waals surface area contributed by atoms with E-state index in [0.717, 1.165) is 0 Å². The van der Waals surface area contributed by atoms with Crippen molar-refractivity contribution in [2.45, 2.75) is 19.4 Å². The van der Waals surface area contributed by atoms with Gasteiger partial charge in [-0.25, -0.2) is 13.2 Å². The molecule has 0 radical (unpaired) electrons. The molecule has 1 unspecified atom stereocenters. The minimum Gasteiger partial charge on any atom is -0.336 e. The van der Waals surface area contributed by atoms with Crippen molar-refractivity contribution < 1.29 is 13.2 Å². The van der Waals surface area contributed by atoms with Crippen LogP contribution in [0.3, 0.4) is 0 Å². The minimum atomic E-state index is -3.09. The fourth-order valence-electron chi connectivity index (χ4n) is 1.44. The lowest BCUT2D eigenvalue weighted by Gasteiger charge is -2.14. The predicted octanol–water partition coefficient (Wildman–Crippen LogP) is -0.836. The Morgan fingerprint density at radius 2 is 2.19 bits per heavy atom. The third kappa shape index (κ3) is 4.36. The lowest BCUT2D eigenvalue weighted by molar-refractivity contribution is 0.220. The van der Waals surface area contributed by atoms with Crippen molar-refractivity contribution in [3.63, 3.8) is 0 Å². The van der Waals surface area contributed by atoms with E-state index in [4.69, 9.17) is 5.73 Å². The third-order valence-electron chi connectivity index (χ3n) is 2.50. The topological polar surface area (TPSA) is 92.5 Å². The highest BCUT2D eigenvalue weighted by Crippen LogP contribution is 2.01. The number of nitrogens with two attached hydrogens (primary N) is 1. The van der Waals surface area contributed by atoms with Crippen molar-refractivity contribution >= 4 is 15.9 Å². The summed E-state index contributed by atoms with van der Waals surface area (Å²) in [5.74, 6) is 0.118. The first-order chi connectivity index (χ1) is 7.41. The van der Waals surface area contributed by atoms with Gasteiger partial charge in [-0.1, -0.05) is 0 Å². The monoisotopic (exact) mass is 249 g/mol. The zero-order chi connectivity index (χ0) is 12.2. The van der Waals surface area contributed by atoms with Crippen LogP contribution in [0.25, 0.3) is 0 Å². The summed E-state index contributed by atoms with van der Waals surface area (Å²) in [7, 11) is -3.09. The number of hydrogen-bond acceptors (Lipinski definition) is 4. The number of carbonyl (C=O) groups is 1. The number of nitrogens with zero attached hydrogens (tertiary/aromatic N) is 1. The van der Waals surface area contributed by atoms with Crippen LogP contribution in [0, 0.1) is 0 Å². The molecular weight excluding hydrogens is 230 g/mol. The zero-order valence-corrected chi connectivity index (χ0v) is 10.3. The number of nitrogens with one attached hydrogen (secondary N) is 1. The average molecular weight is 249 g/mol. The number of hydrogen-bond donors (Lipinski definition) is 2. The van der Waals surface area contributed by atoms with Crippen molar-refractivity contribution in [3.8, 4) is 0 Å². The second-order valence-electron chi connectivity index (χ2n) is 4.14. The van der Waals surface area contributed by atoms with E-state index >= 15 is 0 Å². The Labute approximate surface area is 96.1 Å². The molecule has 0 spiro atoms. The molecule has 94 valence electrons. The lowest BCUT2D eigenvalue weighted by atomic mass is 10.3. The summed E-state index contributed by atoms with van der Waals surface area (Å²) in [6.45, 7) is 3.23. The van der Waals surface area contributed by atoms with E-state index in [2.05, 4.69) is 5.32 Å². The molecule has 2 amide bonds. The Kier molecular flexibility index (Phi) is 4.55. The van der Waals surface area contributed by atoms with Gasteiger partial charge in [-0.2, -0.15) is 0 Å². The zero-order valence-electron chi connectivity index (χ0n) is 9.48. The van der Waals surface area contributed by atoms with Crippen molar-refractivity contribution in [1.29, 1.82) is 0 Å². The van der Waals surface area contributed by atoms with E-state index in [1.807, 2.05) is 0 Å². The first-order valence-corrected chi connectivity index (χ1v) is 7.21. The summed E-state index contributed by atoms with van der Waals surface area (Å²) in [6.07, 6.45) is 0.467. The van der Waals surface area contributed by atoms with Gasteiger partial charge in [-0.15, -0.1) is 0 Å². The summed E-state index contributed by atoms with van der Waals surface area (Å²) < 4.78 is 23.2. The molecule has 1 aliphatic heterocycles. The van der Waals surface area contributed by atoms with Crippen molar-refractivity contribution in [2.75, 3.05) is 31.1 Å². The highest BCUT2D eigenvalue weighted by molar-refractivity contribution is 7.91. The van der Waals surface area contributed by atoms with Crippen LogP contribution < -0.4 is 11.1 Å². The number of amides is 2. The fourth-order valence-corrected chi connectivity index (χ4v) is 2.87. The van der Waals surface area contributed by atoms with E-state index in [-0.39, 0.29) is 30.1 Å². The maximum absolute atomic E-state index is 11.6. The Balaban J connectivity index is 2.33. The van der Waals surface area contributed by atoms with Gasteiger partial charge in [0.1, 0.15) is 0 Å². The van der Waals surface area contributed by atoms with Crippen LogP contribution in [-0.2, 0) is 9.84 Å². The summed E-state index contributed by atoms with van der Waals surface area (Å²) in [5, 5.41) is 2.63. The molecule has 0 aromatic rings. The molecular formula is C9H19N3O3S. The van der Waals surface area contributed by atoms with Gasteiger partial charge in [0.2, 0.25) is 0 Å².